The number of hydrogen-bond donors (Lipinski definition) is 0. The fourth-order valence-corrected chi connectivity index (χ4v) is 2.88. The molecule has 0 atom stereocenters. The van der Waals surface area contributed by atoms with Gasteiger partial charge in [-0.05, 0) is 73.2 Å². The molecule has 1 aliphatic carbocycles. The van der Waals surface area contributed by atoms with Crippen LogP contribution in [0.25, 0.3) is 0 Å². The molecule has 0 saturated heterocycles. The predicted molar refractivity (Wildman–Crippen MR) is 88.6 cm³/mol. The fraction of sp³-hybridized carbons (Fsp3) is 0.300. The summed E-state index contributed by atoms with van der Waals surface area (Å²) in [5.41, 5.74) is 4.55. The molecule has 0 unspecified atom stereocenters. The molecule has 4 bridgehead atoms. The third kappa shape index (κ3) is 3.09. The molecule has 2 aromatic rings. The minimum absolute atomic E-state index is 0.957. The topological polar surface area (TPSA) is 18.5 Å². The quantitative estimate of drug-likeness (QED) is 0.779. The zero-order chi connectivity index (χ0) is 15.4. The van der Waals surface area contributed by atoms with Crippen molar-refractivity contribution in [1.29, 1.82) is 0 Å². The maximum Gasteiger partial charge on any atom is 0.122 e. The van der Waals surface area contributed by atoms with Crippen LogP contribution >= 0.6 is 0 Å². The van der Waals surface area contributed by atoms with Gasteiger partial charge in [-0.15, -0.1) is 0 Å². The van der Waals surface area contributed by atoms with Crippen molar-refractivity contribution >= 4 is 0 Å². The van der Waals surface area contributed by atoms with Crippen molar-refractivity contribution in [2.45, 2.75) is 25.7 Å². The first kappa shape index (κ1) is 14.5. The number of fused-ring (bicyclic) bond motifs is 4. The molecule has 0 aliphatic heterocycles. The highest BCUT2D eigenvalue weighted by Gasteiger charge is 2.07. The standard InChI is InChI=1S/C20H20O2/c1-21-19-11-9-15-7-8-16-10-12-20(22-2)18(14-16)6-4-3-5-17(19)13-15/h9-14H,3-6H2,1-2H3. The summed E-state index contributed by atoms with van der Waals surface area (Å²) in [5, 5.41) is 0. The molecular weight excluding hydrogens is 272 g/mol. The third-order valence-corrected chi connectivity index (χ3v) is 4.05. The average Bonchev–Trinajstić information content (AvgIpc) is 2.56. The van der Waals surface area contributed by atoms with Crippen LogP contribution < -0.4 is 9.47 Å². The summed E-state index contributed by atoms with van der Waals surface area (Å²) in [6, 6.07) is 12.4. The van der Waals surface area contributed by atoms with E-state index in [4.69, 9.17) is 9.47 Å². The maximum atomic E-state index is 5.46. The van der Waals surface area contributed by atoms with Crippen molar-refractivity contribution in [3.05, 3.63) is 58.7 Å². The predicted octanol–water partition coefficient (Wildman–Crippen LogP) is 3.98. The molecule has 2 aromatic carbocycles. The van der Waals surface area contributed by atoms with Gasteiger partial charge in [-0.1, -0.05) is 11.8 Å². The van der Waals surface area contributed by atoms with Crippen LogP contribution in [0.2, 0.25) is 0 Å². The number of ether oxygens (including phenoxy) is 2. The average molecular weight is 292 g/mol. The van der Waals surface area contributed by atoms with E-state index in [1.54, 1.807) is 14.2 Å². The lowest BCUT2D eigenvalue weighted by Crippen LogP contribution is -1.97. The van der Waals surface area contributed by atoms with Gasteiger partial charge in [-0.2, -0.15) is 0 Å². The number of methoxy groups -OCH3 is 2. The van der Waals surface area contributed by atoms with Gasteiger partial charge in [0.1, 0.15) is 11.5 Å². The molecule has 3 rings (SSSR count). The Labute approximate surface area is 132 Å². The molecule has 0 spiro atoms. The Morgan fingerprint density at radius 2 is 1.18 bits per heavy atom. The molecule has 0 N–H and O–H groups in total. The number of benzene rings is 2. The van der Waals surface area contributed by atoms with Crippen LogP contribution in [0.4, 0.5) is 0 Å². The highest BCUT2D eigenvalue weighted by atomic mass is 16.5. The van der Waals surface area contributed by atoms with Crippen molar-refractivity contribution in [3.63, 3.8) is 0 Å². The Balaban J connectivity index is 2.02. The second kappa shape index (κ2) is 6.58. The molecule has 2 heteroatoms. The van der Waals surface area contributed by atoms with Gasteiger partial charge < -0.3 is 9.47 Å². The molecule has 1 aliphatic rings. The van der Waals surface area contributed by atoms with Gasteiger partial charge in [0.2, 0.25) is 0 Å². The summed E-state index contributed by atoms with van der Waals surface area (Å²) in [6.07, 6.45) is 4.28. The van der Waals surface area contributed by atoms with E-state index in [1.807, 2.05) is 24.3 Å². The zero-order valence-electron chi connectivity index (χ0n) is 13.1. The van der Waals surface area contributed by atoms with Crippen LogP contribution in [0.5, 0.6) is 11.5 Å². The van der Waals surface area contributed by atoms with E-state index < -0.39 is 0 Å². The minimum atomic E-state index is 0.957. The van der Waals surface area contributed by atoms with Crippen LogP contribution in [0, 0.1) is 11.8 Å². The normalized spacial score (nSPS) is 13.2. The summed E-state index contributed by atoms with van der Waals surface area (Å²) in [4.78, 5) is 0. The molecule has 0 fully saturated rings. The van der Waals surface area contributed by atoms with Crippen LogP contribution in [-0.2, 0) is 12.8 Å². The van der Waals surface area contributed by atoms with Gasteiger partial charge >= 0.3 is 0 Å². The van der Waals surface area contributed by atoms with Gasteiger partial charge in [0, 0.05) is 11.1 Å². The lowest BCUT2D eigenvalue weighted by Gasteiger charge is -2.12. The molecule has 0 radical (unpaired) electrons. The second-order valence-electron chi connectivity index (χ2n) is 5.51. The molecule has 2 nitrogen and oxygen atoms in total. The van der Waals surface area contributed by atoms with E-state index in [1.165, 1.54) is 11.1 Å². The Kier molecular flexibility index (Phi) is 4.34. The second-order valence-corrected chi connectivity index (χ2v) is 5.51. The summed E-state index contributed by atoms with van der Waals surface area (Å²) in [5.74, 6) is 8.42. The Hall–Kier alpha value is -2.40. The highest BCUT2D eigenvalue weighted by Crippen LogP contribution is 2.25. The number of aryl methyl sites for hydroxylation is 2. The van der Waals surface area contributed by atoms with Crippen molar-refractivity contribution in [3.8, 4) is 23.3 Å². The fourth-order valence-electron chi connectivity index (χ4n) is 2.88. The van der Waals surface area contributed by atoms with E-state index in [0.717, 1.165) is 48.3 Å². The zero-order valence-corrected chi connectivity index (χ0v) is 13.1. The first-order valence-corrected chi connectivity index (χ1v) is 7.66. The summed E-state index contributed by atoms with van der Waals surface area (Å²) in [6.45, 7) is 0. The van der Waals surface area contributed by atoms with Gasteiger partial charge in [0.15, 0.2) is 0 Å². The summed E-state index contributed by atoms with van der Waals surface area (Å²) < 4.78 is 10.9. The van der Waals surface area contributed by atoms with E-state index in [2.05, 4.69) is 24.0 Å². The Bertz CT molecular complexity index is 674. The lowest BCUT2D eigenvalue weighted by molar-refractivity contribution is 0.407. The Morgan fingerprint density at radius 3 is 1.59 bits per heavy atom. The smallest absolute Gasteiger partial charge is 0.122 e. The van der Waals surface area contributed by atoms with Crippen LogP contribution in [0.15, 0.2) is 36.4 Å². The minimum Gasteiger partial charge on any atom is -0.496 e. The van der Waals surface area contributed by atoms with E-state index in [0.29, 0.717) is 0 Å². The summed E-state index contributed by atoms with van der Waals surface area (Å²) >= 11 is 0. The monoisotopic (exact) mass is 292 g/mol. The van der Waals surface area contributed by atoms with Crippen molar-refractivity contribution in [2.75, 3.05) is 14.2 Å². The Morgan fingerprint density at radius 1 is 0.727 bits per heavy atom. The number of rotatable bonds is 2. The SMILES string of the molecule is COc1ccc2cc1CCCCc1cc(ccc1OC)C#C2. The van der Waals surface area contributed by atoms with Gasteiger partial charge in [-0.3, -0.25) is 0 Å². The lowest BCUT2D eigenvalue weighted by atomic mass is 9.98. The molecule has 112 valence electrons. The first-order chi connectivity index (χ1) is 10.8. The van der Waals surface area contributed by atoms with Gasteiger partial charge in [0.05, 0.1) is 14.2 Å². The molecule has 0 aromatic heterocycles. The van der Waals surface area contributed by atoms with Crippen molar-refractivity contribution < 1.29 is 9.47 Å². The van der Waals surface area contributed by atoms with Crippen molar-refractivity contribution in [1.82, 2.24) is 0 Å². The van der Waals surface area contributed by atoms with Crippen LogP contribution in [0.1, 0.15) is 35.1 Å². The van der Waals surface area contributed by atoms with E-state index in [-0.39, 0.29) is 0 Å². The van der Waals surface area contributed by atoms with Crippen LogP contribution in [0.3, 0.4) is 0 Å². The van der Waals surface area contributed by atoms with Crippen molar-refractivity contribution in [2.24, 2.45) is 0 Å². The van der Waals surface area contributed by atoms with E-state index >= 15 is 0 Å². The molecular formula is C20H20O2. The molecule has 22 heavy (non-hydrogen) atoms. The first-order valence-electron chi connectivity index (χ1n) is 7.66. The summed E-state index contributed by atoms with van der Waals surface area (Å²) in [7, 11) is 3.45. The largest absolute Gasteiger partial charge is 0.496 e. The maximum absolute atomic E-state index is 5.46. The molecule has 0 amide bonds. The molecule has 0 saturated carbocycles. The molecule has 0 heterocycles. The highest BCUT2D eigenvalue weighted by molar-refractivity contribution is 5.50. The third-order valence-electron chi connectivity index (χ3n) is 4.05. The van der Waals surface area contributed by atoms with Gasteiger partial charge in [0.25, 0.3) is 0 Å². The van der Waals surface area contributed by atoms with Gasteiger partial charge in [-0.25, -0.2) is 0 Å². The number of hydrogen-bond acceptors (Lipinski definition) is 2. The van der Waals surface area contributed by atoms with Crippen LogP contribution in [-0.4, -0.2) is 14.2 Å². The van der Waals surface area contributed by atoms with E-state index in [9.17, 15) is 0 Å².